The maximum atomic E-state index is 4.65. The zero-order valence-electron chi connectivity index (χ0n) is 13.1. The third-order valence-electron chi connectivity index (χ3n) is 4.02. The van der Waals surface area contributed by atoms with Crippen LogP contribution in [0, 0.1) is 6.92 Å². The number of aromatic nitrogens is 5. The van der Waals surface area contributed by atoms with Gasteiger partial charge in [0.25, 0.3) is 0 Å². The number of hydrogen-bond donors (Lipinski definition) is 1. The lowest BCUT2D eigenvalue weighted by atomic mass is 10.1. The van der Waals surface area contributed by atoms with Crippen molar-refractivity contribution in [2.75, 3.05) is 0 Å². The van der Waals surface area contributed by atoms with Gasteiger partial charge in [0, 0.05) is 35.6 Å². The van der Waals surface area contributed by atoms with Crippen molar-refractivity contribution in [2.24, 2.45) is 0 Å². The van der Waals surface area contributed by atoms with E-state index < -0.39 is 0 Å². The van der Waals surface area contributed by atoms with E-state index in [2.05, 4.69) is 37.5 Å². The molecule has 0 amide bonds. The van der Waals surface area contributed by atoms with Crippen molar-refractivity contribution < 1.29 is 0 Å². The monoisotopic (exact) mass is 303 g/mol. The lowest BCUT2D eigenvalue weighted by Crippen LogP contribution is -1.97. The lowest BCUT2D eigenvalue weighted by Gasteiger charge is -2.10. The molecule has 4 aromatic heterocycles. The second-order valence-corrected chi connectivity index (χ2v) is 5.49. The third kappa shape index (κ3) is 2.21. The first kappa shape index (κ1) is 13.7. The van der Waals surface area contributed by atoms with Gasteiger partial charge in [-0.1, -0.05) is 6.07 Å². The molecule has 23 heavy (non-hydrogen) atoms. The predicted octanol–water partition coefficient (Wildman–Crippen LogP) is 3.82. The van der Waals surface area contributed by atoms with Crippen LogP contribution in [0.2, 0.25) is 0 Å². The van der Waals surface area contributed by atoms with E-state index in [-0.39, 0.29) is 0 Å². The fraction of sp³-hybridized carbons (Fsp3) is 0.167. The molecule has 0 aliphatic carbocycles. The standard InChI is InChI=1S/C18H17N5/c1-3-23-11-21-16(15-6-4-5-12(2)22-15)17(23)13-7-9-19-18-14(13)8-10-20-18/h4-11H,3H2,1-2H3,(H,19,20). The number of rotatable bonds is 3. The molecule has 4 aromatic rings. The zero-order valence-corrected chi connectivity index (χ0v) is 13.1. The second-order valence-electron chi connectivity index (χ2n) is 5.49. The van der Waals surface area contributed by atoms with Gasteiger partial charge in [0.2, 0.25) is 0 Å². The normalized spacial score (nSPS) is 11.2. The number of nitrogens with zero attached hydrogens (tertiary/aromatic N) is 4. The van der Waals surface area contributed by atoms with Gasteiger partial charge in [-0.25, -0.2) is 9.97 Å². The molecule has 0 unspecified atom stereocenters. The summed E-state index contributed by atoms with van der Waals surface area (Å²) in [4.78, 5) is 16.8. The molecule has 0 radical (unpaired) electrons. The highest BCUT2D eigenvalue weighted by Gasteiger charge is 2.18. The quantitative estimate of drug-likeness (QED) is 0.626. The number of aryl methyl sites for hydroxylation is 2. The van der Waals surface area contributed by atoms with Crippen LogP contribution in [0.25, 0.3) is 33.7 Å². The number of nitrogens with one attached hydrogen (secondary N) is 1. The first-order chi connectivity index (χ1) is 11.3. The van der Waals surface area contributed by atoms with Crippen molar-refractivity contribution in [1.82, 2.24) is 24.5 Å². The van der Waals surface area contributed by atoms with E-state index in [1.54, 1.807) is 0 Å². The largest absolute Gasteiger partial charge is 0.346 e. The van der Waals surface area contributed by atoms with Crippen molar-refractivity contribution in [3.63, 3.8) is 0 Å². The minimum Gasteiger partial charge on any atom is -0.346 e. The molecule has 5 heteroatoms. The first-order valence-electron chi connectivity index (χ1n) is 7.69. The Hall–Kier alpha value is -2.95. The zero-order chi connectivity index (χ0) is 15.8. The number of aromatic amines is 1. The molecule has 0 aliphatic heterocycles. The van der Waals surface area contributed by atoms with Gasteiger partial charge in [-0.2, -0.15) is 0 Å². The summed E-state index contributed by atoms with van der Waals surface area (Å²) in [7, 11) is 0. The molecule has 4 heterocycles. The topological polar surface area (TPSA) is 59.4 Å². The minimum atomic E-state index is 0.850. The van der Waals surface area contributed by atoms with Crippen LogP contribution in [-0.2, 0) is 6.54 Å². The molecule has 114 valence electrons. The molecule has 4 rings (SSSR count). The van der Waals surface area contributed by atoms with Crippen LogP contribution in [0.5, 0.6) is 0 Å². The molecule has 0 aliphatic rings. The van der Waals surface area contributed by atoms with Crippen molar-refractivity contribution >= 4 is 11.0 Å². The predicted molar refractivity (Wildman–Crippen MR) is 91.0 cm³/mol. The Morgan fingerprint density at radius 3 is 2.87 bits per heavy atom. The highest BCUT2D eigenvalue weighted by molar-refractivity contribution is 5.95. The highest BCUT2D eigenvalue weighted by Crippen LogP contribution is 2.34. The van der Waals surface area contributed by atoms with Crippen molar-refractivity contribution in [1.29, 1.82) is 0 Å². The maximum absolute atomic E-state index is 4.65. The van der Waals surface area contributed by atoms with Crippen molar-refractivity contribution in [3.05, 3.63) is 54.7 Å². The molecule has 0 bridgehead atoms. The fourth-order valence-electron chi connectivity index (χ4n) is 2.93. The Morgan fingerprint density at radius 2 is 2.04 bits per heavy atom. The van der Waals surface area contributed by atoms with Crippen LogP contribution in [0.4, 0.5) is 0 Å². The van der Waals surface area contributed by atoms with Crippen LogP contribution in [0.1, 0.15) is 12.6 Å². The van der Waals surface area contributed by atoms with Gasteiger partial charge in [0.1, 0.15) is 11.3 Å². The number of fused-ring (bicyclic) bond motifs is 1. The van der Waals surface area contributed by atoms with E-state index in [0.717, 1.165) is 45.9 Å². The molecule has 0 saturated carbocycles. The second kappa shape index (κ2) is 5.35. The summed E-state index contributed by atoms with van der Waals surface area (Å²) < 4.78 is 2.15. The molecule has 0 aromatic carbocycles. The highest BCUT2D eigenvalue weighted by atomic mass is 15.1. The number of H-pyrrole nitrogens is 1. The number of pyridine rings is 2. The third-order valence-corrected chi connectivity index (χ3v) is 4.02. The average Bonchev–Trinajstić information content (AvgIpc) is 3.21. The SMILES string of the molecule is CCn1cnc(-c2cccc(C)n2)c1-c1ccnc2[nH]ccc12. The summed E-state index contributed by atoms with van der Waals surface area (Å²) in [5, 5.41) is 1.09. The maximum Gasteiger partial charge on any atom is 0.137 e. The van der Waals surface area contributed by atoms with Gasteiger partial charge in [0.15, 0.2) is 0 Å². The van der Waals surface area contributed by atoms with Gasteiger partial charge < -0.3 is 9.55 Å². The Balaban J connectivity index is 2.01. The van der Waals surface area contributed by atoms with Crippen LogP contribution in [0.3, 0.4) is 0 Å². The van der Waals surface area contributed by atoms with Gasteiger partial charge in [-0.15, -0.1) is 0 Å². The molecule has 0 fully saturated rings. The lowest BCUT2D eigenvalue weighted by molar-refractivity contribution is 0.769. The summed E-state index contributed by atoms with van der Waals surface area (Å²) >= 11 is 0. The summed E-state index contributed by atoms with van der Waals surface area (Å²) in [5.74, 6) is 0. The van der Waals surface area contributed by atoms with Gasteiger partial charge in [-0.3, -0.25) is 4.98 Å². The Bertz CT molecular complexity index is 980. The van der Waals surface area contributed by atoms with Crippen LogP contribution in [-0.4, -0.2) is 24.5 Å². The molecule has 0 atom stereocenters. The van der Waals surface area contributed by atoms with Crippen molar-refractivity contribution in [2.45, 2.75) is 20.4 Å². The molecule has 0 spiro atoms. The van der Waals surface area contributed by atoms with E-state index in [9.17, 15) is 0 Å². The van der Waals surface area contributed by atoms with E-state index in [1.165, 1.54) is 0 Å². The summed E-state index contributed by atoms with van der Waals surface area (Å²) in [6.45, 7) is 4.97. The summed E-state index contributed by atoms with van der Waals surface area (Å²) in [6.07, 6.45) is 5.63. The molecular formula is C18H17N5. The Morgan fingerprint density at radius 1 is 1.13 bits per heavy atom. The molecule has 1 N–H and O–H groups in total. The van der Waals surface area contributed by atoms with Gasteiger partial charge >= 0.3 is 0 Å². The summed E-state index contributed by atoms with van der Waals surface area (Å²) in [5.41, 5.74) is 5.87. The van der Waals surface area contributed by atoms with E-state index in [1.807, 2.05) is 49.9 Å². The molecule has 0 saturated heterocycles. The van der Waals surface area contributed by atoms with Gasteiger partial charge in [-0.05, 0) is 38.1 Å². The summed E-state index contributed by atoms with van der Waals surface area (Å²) in [6, 6.07) is 10.1. The fourth-order valence-corrected chi connectivity index (χ4v) is 2.93. The van der Waals surface area contributed by atoms with E-state index in [4.69, 9.17) is 0 Å². The van der Waals surface area contributed by atoms with Crippen LogP contribution in [0.15, 0.2) is 49.1 Å². The first-order valence-corrected chi connectivity index (χ1v) is 7.69. The Kier molecular flexibility index (Phi) is 3.19. The van der Waals surface area contributed by atoms with E-state index >= 15 is 0 Å². The average molecular weight is 303 g/mol. The molecule has 5 nitrogen and oxygen atoms in total. The number of imidazole rings is 1. The van der Waals surface area contributed by atoms with Gasteiger partial charge in [0.05, 0.1) is 17.7 Å². The van der Waals surface area contributed by atoms with E-state index in [0.29, 0.717) is 0 Å². The Labute approximate surface area is 134 Å². The van der Waals surface area contributed by atoms with Crippen LogP contribution >= 0.6 is 0 Å². The van der Waals surface area contributed by atoms with Crippen molar-refractivity contribution in [3.8, 4) is 22.6 Å². The smallest absolute Gasteiger partial charge is 0.137 e. The number of hydrogen-bond acceptors (Lipinski definition) is 3. The minimum absolute atomic E-state index is 0.850. The molecular weight excluding hydrogens is 286 g/mol. The van der Waals surface area contributed by atoms with Crippen LogP contribution < -0.4 is 0 Å².